The van der Waals surface area contributed by atoms with Crippen LogP contribution in [0.1, 0.15) is 19.4 Å². The van der Waals surface area contributed by atoms with E-state index in [1.54, 1.807) is 36.2 Å². The van der Waals surface area contributed by atoms with Gasteiger partial charge >= 0.3 is 0 Å². The second-order valence-corrected chi connectivity index (χ2v) is 9.58. The Morgan fingerprint density at radius 1 is 1.09 bits per heavy atom. The maximum atomic E-state index is 8.95. The Morgan fingerprint density at radius 3 is 2.53 bits per heavy atom. The average molecular weight is 473 g/mol. The molecule has 2 aromatic heterocycles. The van der Waals surface area contributed by atoms with Gasteiger partial charge in [-0.05, 0) is 23.3 Å². The molecule has 4 aromatic rings. The van der Waals surface area contributed by atoms with Crippen molar-refractivity contribution in [2.75, 3.05) is 5.73 Å². The van der Waals surface area contributed by atoms with E-state index < -0.39 is 6.41 Å². The zero-order valence-electron chi connectivity index (χ0n) is 18.8. The molecule has 2 heterocycles. The lowest BCUT2D eigenvalue weighted by atomic mass is 9.87. The summed E-state index contributed by atoms with van der Waals surface area (Å²) >= 11 is 1.80. The van der Waals surface area contributed by atoms with Crippen LogP contribution in [0.5, 0.6) is 0 Å². The van der Waals surface area contributed by atoms with Crippen molar-refractivity contribution >= 4 is 30.9 Å². The molecule has 8 nitrogen and oxygen atoms in total. The van der Waals surface area contributed by atoms with Crippen LogP contribution < -0.4 is 16.5 Å². The molecule has 0 aliphatic carbocycles. The van der Waals surface area contributed by atoms with E-state index in [2.05, 4.69) is 46.4 Å². The highest BCUT2D eigenvalue weighted by molar-refractivity contribution is 7.99. The summed E-state index contributed by atoms with van der Waals surface area (Å²) in [7, 11) is 6.19. The van der Waals surface area contributed by atoms with E-state index in [-0.39, 0.29) is 12.4 Å². The monoisotopic (exact) mass is 473 g/mol. The summed E-state index contributed by atoms with van der Waals surface area (Å²) in [5.41, 5.74) is 10.5. The van der Waals surface area contributed by atoms with Gasteiger partial charge in [0.2, 0.25) is 6.41 Å². The third kappa shape index (κ3) is 5.65. The highest BCUT2D eigenvalue weighted by Crippen LogP contribution is 2.30. The number of hydrogen-bond donors (Lipinski definition) is 4. The van der Waals surface area contributed by atoms with Gasteiger partial charge in [0.15, 0.2) is 17.3 Å². The van der Waals surface area contributed by atoms with Gasteiger partial charge in [-0.3, -0.25) is 5.32 Å². The fourth-order valence-electron chi connectivity index (χ4n) is 3.37. The molecule has 0 bridgehead atoms. The highest BCUT2D eigenvalue weighted by Gasteiger charge is 2.16. The van der Waals surface area contributed by atoms with Crippen LogP contribution in [0.2, 0.25) is 0 Å². The van der Waals surface area contributed by atoms with Crippen molar-refractivity contribution in [1.82, 2.24) is 20.4 Å². The van der Waals surface area contributed by atoms with E-state index in [4.69, 9.17) is 28.3 Å². The number of nitrogen functional groups attached to an aromatic ring is 1. The molecular weight excluding hydrogens is 449 g/mol. The van der Waals surface area contributed by atoms with Crippen LogP contribution in [-0.4, -0.2) is 44.8 Å². The van der Waals surface area contributed by atoms with Crippen LogP contribution in [0.4, 0.5) is 5.82 Å². The summed E-state index contributed by atoms with van der Waals surface area (Å²) in [4.78, 5) is 10.2. The third-order valence-electron chi connectivity index (χ3n) is 4.95. The number of aliphatic hydroxyl groups is 2. The first-order valence-corrected chi connectivity index (χ1v) is 11.5. The van der Waals surface area contributed by atoms with E-state index in [9.17, 15) is 0 Å². The summed E-state index contributed by atoms with van der Waals surface area (Å²) < 4.78 is 5.53. The lowest BCUT2D eigenvalue weighted by Gasteiger charge is -2.09. The quantitative estimate of drug-likeness (QED) is 0.173. The predicted octanol–water partition coefficient (Wildman–Crippen LogP) is 2.70. The van der Waals surface area contributed by atoms with Crippen molar-refractivity contribution in [3.05, 3.63) is 60.3 Å². The van der Waals surface area contributed by atoms with Gasteiger partial charge in [-0.1, -0.05) is 54.8 Å². The van der Waals surface area contributed by atoms with Crippen LogP contribution in [0.3, 0.4) is 0 Å². The number of thioether (sulfide) groups is 1. The van der Waals surface area contributed by atoms with Gasteiger partial charge in [0.25, 0.3) is 0 Å². The van der Waals surface area contributed by atoms with Crippen LogP contribution in [-0.2, 0) is 6.54 Å². The van der Waals surface area contributed by atoms with Crippen molar-refractivity contribution in [2.45, 2.75) is 37.0 Å². The summed E-state index contributed by atoms with van der Waals surface area (Å²) in [5, 5.41) is 25.0. The smallest absolute Gasteiger partial charge is 0.211 e. The number of nitrogens with zero attached hydrogens (tertiary/aromatic N) is 3. The largest absolute Gasteiger partial charge is 0.382 e. The molecule has 4 rings (SSSR count). The number of hydrogen-bond acceptors (Lipinski definition) is 9. The van der Waals surface area contributed by atoms with Crippen LogP contribution in [0.25, 0.3) is 34.0 Å². The summed E-state index contributed by atoms with van der Waals surface area (Å²) in [6.07, 6.45) is 0.0348. The maximum absolute atomic E-state index is 8.95. The standard InChI is InChI=1S/C24H24BN5O3S/c1-13(2)34-16-6-4-15(5-7-16)20-12-27-23(26)22(29-20)21-10-19(30-33-21)17-8-3-14(9-18(17)25)11-28-24(31)32/h3-10,12-13,24,28,31-32H,11H2,1-2H3,(H2,26,27). The van der Waals surface area contributed by atoms with E-state index in [1.807, 2.05) is 18.2 Å². The molecule has 0 spiro atoms. The van der Waals surface area contributed by atoms with E-state index in [0.29, 0.717) is 39.1 Å². The third-order valence-corrected chi connectivity index (χ3v) is 5.96. The summed E-state index contributed by atoms with van der Waals surface area (Å²) in [6, 6.07) is 15.2. The van der Waals surface area contributed by atoms with E-state index in [1.165, 1.54) is 4.90 Å². The van der Waals surface area contributed by atoms with Crippen molar-refractivity contribution in [3.63, 3.8) is 0 Å². The van der Waals surface area contributed by atoms with Gasteiger partial charge in [0.05, 0.1) is 11.9 Å². The fraction of sp³-hybridized carbons (Fsp3) is 0.208. The number of nitrogens with two attached hydrogens (primary N) is 1. The van der Waals surface area contributed by atoms with Gasteiger partial charge < -0.3 is 20.5 Å². The first-order valence-electron chi connectivity index (χ1n) is 10.6. The molecule has 0 saturated carbocycles. The second-order valence-electron chi connectivity index (χ2n) is 7.93. The second kappa shape index (κ2) is 10.4. The van der Waals surface area contributed by atoms with Crippen LogP contribution >= 0.6 is 11.8 Å². The molecule has 0 saturated heterocycles. The van der Waals surface area contributed by atoms with Gasteiger partial charge in [-0.2, -0.15) is 0 Å². The molecule has 0 amide bonds. The molecule has 0 fully saturated rings. The number of nitrogens with one attached hydrogen (secondary N) is 1. The Kier molecular flexibility index (Phi) is 7.33. The molecule has 2 aromatic carbocycles. The molecule has 172 valence electrons. The maximum Gasteiger partial charge on any atom is 0.211 e. The molecule has 0 unspecified atom stereocenters. The minimum Gasteiger partial charge on any atom is -0.382 e. The summed E-state index contributed by atoms with van der Waals surface area (Å²) in [5.74, 6) is 0.609. The lowest BCUT2D eigenvalue weighted by molar-refractivity contribution is -0.0671. The SMILES string of the molecule is [B]c1cc(CNC(O)O)ccc1-c1cc(-c2nc(-c3ccc(SC(C)C)cc3)cnc2N)on1. The Labute approximate surface area is 203 Å². The first kappa shape index (κ1) is 24.0. The molecular formula is C24H24BN5O3S. The van der Waals surface area contributed by atoms with Crippen molar-refractivity contribution in [3.8, 4) is 34.0 Å². The first-order chi connectivity index (χ1) is 16.3. The number of benzene rings is 2. The molecule has 10 heteroatoms. The van der Waals surface area contributed by atoms with Crippen molar-refractivity contribution in [2.24, 2.45) is 0 Å². The topological polar surface area (TPSA) is 130 Å². The summed E-state index contributed by atoms with van der Waals surface area (Å²) in [6.45, 7) is 4.57. The minimum absolute atomic E-state index is 0.232. The molecule has 0 aliphatic heterocycles. The molecule has 5 N–H and O–H groups in total. The van der Waals surface area contributed by atoms with Crippen molar-refractivity contribution < 1.29 is 14.7 Å². The van der Waals surface area contributed by atoms with Gasteiger partial charge in [0.1, 0.15) is 13.5 Å². The molecule has 2 radical (unpaired) electrons. The number of rotatable bonds is 8. The van der Waals surface area contributed by atoms with Gasteiger partial charge in [0, 0.05) is 28.3 Å². The molecule has 0 atom stereocenters. The van der Waals surface area contributed by atoms with Gasteiger partial charge in [-0.25, -0.2) is 9.97 Å². The van der Waals surface area contributed by atoms with Gasteiger partial charge in [-0.15, -0.1) is 11.8 Å². The predicted molar refractivity (Wildman–Crippen MR) is 134 cm³/mol. The Morgan fingerprint density at radius 2 is 1.85 bits per heavy atom. The fourth-order valence-corrected chi connectivity index (χ4v) is 4.21. The van der Waals surface area contributed by atoms with Crippen LogP contribution in [0, 0.1) is 0 Å². The van der Waals surface area contributed by atoms with E-state index >= 15 is 0 Å². The van der Waals surface area contributed by atoms with Crippen molar-refractivity contribution in [1.29, 1.82) is 0 Å². The number of anilines is 1. The normalized spacial score (nSPS) is 11.5. The Bertz CT molecular complexity index is 1280. The van der Waals surface area contributed by atoms with Crippen LogP contribution in [0.15, 0.2) is 64.1 Å². The molecule has 0 aliphatic rings. The zero-order chi connectivity index (χ0) is 24.2. The Balaban J connectivity index is 1.59. The zero-order valence-corrected chi connectivity index (χ0v) is 19.6. The number of aliphatic hydroxyl groups excluding tert-OH is 1. The average Bonchev–Trinajstić information content (AvgIpc) is 3.28. The minimum atomic E-state index is -1.60. The molecule has 34 heavy (non-hydrogen) atoms. The van der Waals surface area contributed by atoms with E-state index in [0.717, 1.165) is 11.1 Å². The Hall–Kier alpha value is -3.18. The lowest BCUT2D eigenvalue weighted by Crippen LogP contribution is -2.27. The number of aromatic nitrogens is 3. The highest BCUT2D eigenvalue weighted by atomic mass is 32.2.